The molecule has 1 aromatic heterocycles. The van der Waals surface area contributed by atoms with Crippen molar-refractivity contribution in [2.75, 3.05) is 5.32 Å². The Bertz CT molecular complexity index is 862. The largest absolute Gasteiger partial charge is 0.460 e. The first-order chi connectivity index (χ1) is 12.0. The third kappa shape index (κ3) is 5.07. The average Bonchev–Trinajstić information content (AvgIpc) is 3.05. The normalized spacial score (nSPS) is 10.6. The van der Waals surface area contributed by atoms with Crippen molar-refractivity contribution in [1.82, 2.24) is 5.32 Å². The molecule has 2 rings (SSSR count). The van der Waals surface area contributed by atoms with Crippen LogP contribution in [0.1, 0.15) is 11.5 Å². The van der Waals surface area contributed by atoms with Crippen LogP contribution in [-0.4, -0.2) is 17.7 Å². The van der Waals surface area contributed by atoms with Gasteiger partial charge in [0.05, 0.1) is 6.54 Å². The van der Waals surface area contributed by atoms with E-state index in [1.807, 2.05) is 0 Å². The maximum atomic E-state index is 11.8. The van der Waals surface area contributed by atoms with Crippen LogP contribution >= 0.6 is 0 Å². The summed E-state index contributed by atoms with van der Waals surface area (Å²) in [4.78, 5) is 34.5. The van der Waals surface area contributed by atoms with Crippen molar-refractivity contribution in [3.05, 3.63) is 59.6 Å². The Morgan fingerprint density at radius 3 is 2.48 bits per heavy atom. The highest BCUT2D eigenvalue weighted by Gasteiger charge is 2.14. The minimum atomic E-state index is -0.869. The summed E-state index contributed by atoms with van der Waals surface area (Å²) in [6, 6.07) is 13.2. The number of nitrogens with two attached hydrogens (primary N) is 1. The lowest BCUT2D eigenvalue weighted by atomic mass is 10.2. The van der Waals surface area contributed by atoms with Gasteiger partial charge in [-0.15, -0.1) is 0 Å². The van der Waals surface area contributed by atoms with Crippen molar-refractivity contribution in [2.24, 2.45) is 5.73 Å². The second-order valence-electron chi connectivity index (χ2n) is 4.84. The minimum Gasteiger partial charge on any atom is -0.460 e. The Balaban J connectivity index is 1.91. The second-order valence-corrected chi connectivity index (χ2v) is 4.84. The van der Waals surface area contributed by atoms with Gasteiger partial charge in [0, 0.05) is 11.8 Å². The molecule has 0 saturated heterocycles. The smallest absolute Gasteiger partial charge is 0.313 e. The number of hydrogen-bond acceptors (Lipinski definition) is 5. The Morgan fingerprint density at radius 1 is 1.12 bits per heavy atom. The highest BCUT2D eigenvalue weighted by Crippen LogP contribution is 2.12. The van der Waals surface area contributed by atoms with Crippen LogP contribution in [-0.2, 0) is 20.9 Å². The van der Waals surface area contributed by atoms with Crippen LogP contribution in [0.25, 0.3) is 6.08 Å². The van der Waals surface area contributed by atoms with Gasteiger partial charge < -0.3 is 20.8 Å². The molecule has 25 heavy (non-hydrogen) atoms. The Morgan fingerprint density at radius 2 is 1.84 bits per heavy atom. The van der Waals surface area contributed by atoms with Gasteiger partial charge in [-0.1, -0.05) is 18.2 Å². The van der Waals surface area contributed by atoms with Gasteiger partial charge in [0.1, 0.15) is 23.2 Å². The van der Waals surface area contributed by atoms with E-state index in [4.69, 9.17) is 15.4 Å². The molecule has 0 spiro atoms. The molecular weight excluding hydrogens is 324 g/mol. The van der Waals surface area contributed by atoms with Crippen molar-refractivity contribution < 1.29 is 18.8 Å². The first-order valence-corrected chi connectivity index (χ1v) is 7.14. The molecule has 0 bridgehead atoms. The zero-order chi connectivity index (χ0) is 18.2. The lowest BCUT2D eigenvalue weighted by Crippen LogP contribution is -2.34. The highest BCUT2D eigenvalue weighted by atomic mass is 16.3. The third-order valence-corrected chi connectivity index (χ3v) is 3.02. The highest BCUT2D eigenvalue weighted by molar-refractivity contribution is 6.39. The summed E-state index contributed by atoms with van der Waals surface area (Å²) < 4.78 is 5.33. The number of amides is 3. The third-order valence-electron chi connectivity index (χ3n) is 3.02. The van der Waals surface area contributed by atoms with Gasteiger partial charge in [-0.3, -0.25) is 14.4 Å². The molecule has 0 aliphatic heterocycles. The van der Waals surface area contributed by atoms with Crippen molar-refractivity contribution in [3.8, 4) is 6.07 Å². The standard InChI is InChI=1S/C17H14N4O4/c18-9-11(15(19)22)8-13-6-7-14(25-13)10-20-16(23)17(24)21-12-4-2-1-3-5-12/h1-8H,10H2,(H2,19,22)(H,20,23)(H,21,24)/b11-8-. The zero-order valence-corrected chi connectivity index (χ0v) is 13.0. The summed E-state index contributed by atoms with van der Waals surface area (Å²) >= 11 is 0. The van der Waals surface area contributed by atoms with Gasteiger partial charge in [0.25, 0.3) is 5.91 Å². The lowest BCUT2D eigenvalue weighted by molar-refractivity contribution is -0.136. The molecule has 0 saturated carbocycles. The van der Waals surface area contributed by atoms with E-state index in [1.165, 1.54) is 18.2 Å². The molecule has 2 aromatic rings. The molecule has 0 atom stereocenters. The maximum Gasteiger partial charge on any atom is 0.313 e. The molecule has 0 unspecified atom stereocenters. The summed E-state index contributed by atoms with van der Waals surface area (Å²) in [7, 11) is 0. The van der Waals surface area contributed by atoms with Gasteiger partial charge in [0.2, 0.25) is 0 Å². The number of para-hydroxylation sites is 1. The average molecular weight is 338 g/mol. The Hall–Kier alpha value is -3.86. The van der Waals surface area contributed by atoms with Crippen molar-refractivity contribution in [1.29, 1.82) is 5.26 Å². The fraction of sp³-hybridized carbons (Fsp3) is 0.0588. The molecule has 0 fully saturated rings. The number of furan rings is 1. The van der Waals surface area contributed by atoms with Gasteiger partial charge in [0.15, 0.2) is 0 Å². The summed E-state index contributed by atoms with van der Waals surface area (Å²) in [5.41, 5.74) is 5.27. The van der Waals surface area contributed by atoms with Crippen LogP contribution in [0.4, 0.5) is 5.69 Å². The van der Waals surface area contributed by atoms with Crippen LogP contribution in [0, 0.1) is 11.3 Å². The number of benzene rings is 1. The van der Waals surface area contributed by atoms with Crippen molar-refractivity contribution >= 4 is 29.5 Å². The topological polar surface area (TPSA) is 138 Å². The fourth-order valence-electron chi connectivity index (χ4n) is 1.82. The second kappa shape index (κ2) is 8.12. The number of carbonyl (C=O) groups is 3. The predicted octanol–water partition coefficient (Wildman–Crippen LogP) is 0.927. The first-order valence-electron chi connectivity index (χ1n) is 7.14. The minimum absolute atomic E-state index is 0.0344. The number of rotatable bonds is 5. The van der Waals surface area contributed by atoms with E-state index < -0.39 is 17.7 Å². The van der Waals surface area contributed by atoms with Crippen molar-refractivity contribution in [3.63, 3.8) is 0 Å². The molecule has 8 heteroatoms. The van der Waals surface area contributed by atoms with E-state index >= 15 is 0 Å². The van der Waals surface area contributed by atoms with Crippen LogP contribution in [0.15, 0.2) is 52.5 Å². The molecule has 0 aliphatic rings. The molecular formula is C17H14N4O4. The van der Waals surface area contributed by atoms with Crippen molar-refractivity contribution in [2.45, 2.75) is 6.54 Å². The van der Waals surface area contributed by atoms with E-state index in [9.17, 15) is 14.4 Å². The molecule has 126 valence electrons. The maximum absolute atomic E-state index is 11.8. The Labute approximate surface area is 142 Å². The number of hydrogen-bond donors (Lipinski definition) is 3. The summed E-state index contributed by atoms with van der Waals surface area (Å²) in [6.07, 6.45) is 1.19. The number of nitrogens with one attached hydrogen (secondary N) is 2. The van der Waals surface area contributed by atoms with E-state index in [2.05, 4.69) is 10.6 Å². The fourth-order valence-corrected chi connectivity index (χ4v) is 1.82. The molecule has 3 amide bonds. The van der Waals surface area contributed by atoms with E-state index in [0.29, 0.717) is 11.4 Å². The number of nitriles is 1. The molecule has 8 nitrogen and oxygen atoms in total. The predicted molar refractivity (Wildman–Crippen MR) is 88.4 cm³/mol. The van der Waals surface area contributed by atoms with E-state index in [1.54, 1.807) is 36.4 Å². The SMILES string of the molecule is N#C/C(=C/c1ccc(CNC(=O)C(=O)Nc2ccccc2)o1)C(N)=O. The van der Waals surface area contributed by atoms with Gasteiger partial charge >= 0.3 is 11.8 Å². The molecule has 4 N–H and O–H groups in total. The van der Waals surface area contributed by atoms with Crippen LogP contribution < -0.4 is 16.4 Å². The Kier molecular flexibility index (Phi) is 5.68. The molecule has 1 aromatic carbocycles. The molecule has 1 heterocycles. The summed E-state index contributed by atoms with van der Waals surface area (Å²) in [5, 5.41) is 13.6. The van der Waals surface area contributed by atoms with Crippen LogP contribution in [0.3, 0.4) is 0 Å². The van der Waals surface area contributed by atoms with Gasteiger partial charge in [-0.05, 0) is 24.3 Å². The quantitative estimate of drug-likeness (QED) is 0.423. The number of anilines is 1. The number of carbonyl (C=O) groups excluding carboxylic acids is 3. The number of primary amides is 1. The molecule has 0 aliphatic carbocycles. The summed E-state index contributed by atoms with van der Waals surface area (Å²) in [6.45, 7) is -0.0344. The molecule has 0 radical (unpaired) electrons. The lowest BCUT2D eigenvalue weighted by Gasteiger charge is -2.05. The van der Waals surface area contributed by atoms with E-state index in [-0.39, 0.29) is 17.9 Å². The monoisotopic (exact) mass is 338 g/mol. The van der Waals surface area contributed by atoms with Gasteiger partial charge in [-0.25, -0.2) is 0 Å². The zero-order valence-electron chi connectivity index (χ0n) is 13.0. The van der Waals surface area contributed by atoms with Crippen LogP contribution in [0.2, 0.25) is 0 Å². The van der Waals surface area contributed by atoms with Crippen LogP contribution in [0.5, 0.6) is 0 Å². The summed E-state index contributed by atoms with van der Waals surface area (Å²) in [5.74, 6) is -1.93. The number of nitrogens with zero attached hydrogens (tertiary/aromatic N) is 1. The first kappa shape index (κ1) is 17.5. The van der Waals surface area contributed by atoms with E-state index in [0.717, 1.165) is 0 Å². The van der Waals surface area contributed by atoms with Gasteiger partial charge in [-0.2, -0.15) is 5.26 Å².